The summed E-state index contributed by atoms with van der Waals surface area (Å²) in [6.45, 7) is 3.95. The Morgan fingerprint density at radius 3 is 2.66 bits per heavy atom. The molecule has 0 fully saturated rings. The van der Waals surface area contributed by atoms with Crippen LogP contribution < -0.4 is 10.6 Å². The van der Waals surface area contributed by atoms with Crippen LogP contribution >= 0.6 is 12.2 Å². The fourth-order valence-electron chi connectivity index (χ4n) is 3.33. The van der Waals surface area contributed by atoms with Crippen molar-refractivity contribution in [2.24, 2.45) is 0 Å². The predicted molar refractivity (Wildman–Crippen MR) is 130 cm³/mol. The van der Waals surface area contributed by atoms with Crippen LogP contribution in [0, 0.1) is 13.8 Å². The summed E-state index contributed by atoms with van der Waals surface area (Å²) < 4.78 is 5.91. The molecule has 160 valence electrons. The van der Waals surface area contributed by atoms with Crippen LogP contribution in [0.5, 0.6) is 5.75 Å². The van der Waals surface area contributed by atoms with Gasteiger partial charge in [-0.1, -0.05) is 36.4 Å². The number of carbonyl (C=O) groups excluding carboxylic acids is 1. The molecule has 6 nitrogen and oxygen atoms in total. The number of aromatic nitrogens is 1. The molecule has 0 spiro atoms. The van der Waals surface area contributed by atoms with Crippen LogP contribution in [0.15, 0.2) is 71.2 Å². The zero-order chi connectivity index (χ0) is 22.7. The van der Waals surface area contributed by atoms with Crippen LogP contribution in [0.25, 0.3) is 28.6 Å². The lowest BCUT2D eigenvalue weighted by Crippen LogP contribution is -2.32. The highest BCUT2D eigenvalue weighted by Gasteiger charge is 2.15. The summed E-state index contributed by atoms with van der Waals surface area (Å²) in [4.78, 5) is 16.6. The van der Waals surface area contributed by atoms with Gasteiger partial charge in [0.2, 0.25) is 11.8 Å². The third-order valence-electron chi connectivity index (χ3n) is 4.77. The molecule has 3 aromatic carbocycles. The van der Waals surface area contributed by atoms with E-state index in [1.807, 2.05) is 56.3 Å². The molecule has 0 aliphatic heterocycles. The van der Waals surface area contributed by atoms with Crippen molar-refractivity contribution in [3.63, 3.8) is 0 Å². The van der Waals surface area contributed by atoms with E-state index < -0.39 is 0 Å². The number of amides is 1. The minimum Gasteiger partial charge on any atom is -0.507 e. The van der Waals surface area contributed by atoms with Crippen molar-refractivity contribution in [2.75, 3.05) is 5.32 Å². The lowest BCUT2D eigenvalue weighted by molar-refractivity contribution is -0.115. The molecule has 1 heterocycles. The number of nitrogens with zero attached hydrogens (tertiary/aromatic N) is 1. The second-order valence-corrected chi connectivity index (χ2v) is 7.78. The molecule has 1 aromatic heterocycles. The molecule has 0 unspecified atom stereocenters. The molecule has 0 saturated heterocycles. The van der Waals surface area contributed by atoms with Gasteiger partial charge in [-0.25, -0.2) is 4.98 Å². The average Bonchev–Trinajstić information content (AvgIpc) is 3.18. The van der Waals surface area contributed by atoms with Gasteiger partial charge in [0.05, 0.1) is 5.56 Å². The second-order valence-electron chi connectivity index (χ2n) is 7.37. The first kappa shape index (κ1) is 21.3. The summed E-state index contributed by atoms with van der Waals surface area (Å²) in [5, 5.41) is 16.0. The number of rotatable bonds is 4. The molecule has 1 amide bonds. The number of hydrogen-bond acceptors (Lipinski definition) is 5. The zero-order valence-corrected chi connectivity index (χ0v) is 18.4. The monoisotopic (exact) mass is 443 g/mol. The quantitative estimate of drug-likeness (QED) is 0.224. The molecule has 0 saturated carbocycles. The van der Waals surface area contributed by atoms with Gasteiger partial charge in [-0.3, -0.25) is 10.1 Å². The summed E-state index contributed by atoms with van der Waals surface area (Å²) >= 11 is 5.24. The molecule has 4 rings (SSSR count). The molecule has 4 aromatic rings. The fourth-order valence-corrected chi connectivity index (χ4v) is 3.55. The van der Waals surface area contributed by atoms with E-state index in [4.69, 9.17) is 16.6 Å². The molecule has 0 radical (unpaired) electrons. The van der Waals surface area contributed by atoms with Crippen molar-refractivity contribution in [1.29, 1.82) is 0 Å². The van der Waals surface area contributed by atoms with Gasteiger partial charge >= 0.3 is 0 Å². The Labute approximate surface area is 190 Å². The number of anilines is 1. The van der Waals surface area contributed by atoms with Crippen molar-refractivity contribution in [3.8, 4) is 17.2 Å². The highest BCUT2D eigenvalue weighted by Crippen LogP contribution is 2.34. The molecular weight excluding hydrogens is 422 g/mol. The van der Waals surface area contributed by atoms with Crippen LogP contribution in [0.1, 0.15) is 16.7 Å². The highest BCUT2D eigenvalue weighted by atomic mass is 32.1. The van der Waals surface area contributed by atoms with Crippen LogP contribution in [-0.4, -0.2) is 21.1 Å². The minimum atomic E-state index is -0.352. The Kier molecular flexibility index (Phi) is 6.00. The molecule has 7 heteroatoms. The second kappa shape index (κ2) is 9.03. The number of oxazole rings is 1. The number of carbonyl (C=O) groups is 1. The summed E-state index contributed by atoms with van der Waals surface area (Å²) in [5.74, 6) is -0.0250. The molecule has 32 heavy (non-hydrogen) atoms. The number of phenolic OH excluding ortho intramolecular Hbond substituents is 1. The normalized spacial score (nSPS) is 11.1. The van der Waals surface area contributed by atoms with Crippen molar-refractivity contribution in [2.45, 2.75) is 13.8 Å². The van der Waals surface area contributed by atoms with Crippen LogP contribution in [0.4, 0.5) is 5.69 Å². The van der Waals surface area contributed by atoms with Crippen LogP contribution in [-0.2, 0) is 4.79 Å². The maximum Gasteiger partial charge on any atom is 0.250 e. The highest BCUT2D eigenvalue weighted by molar-refractivity contribution is 7.80. The molecule has 0 aliphatic rings. The Bertz CT molecular complexity index is 1340. The molecular formula is C25H21N3O3S. The topological polar surface area (TPSA) is 87.4 Å². The summed E-state index contributed by atoms with van der Waals surface area (Å²) in [5.41, 5.74) is 5.36. The smallest absolute Gasteiger partial charge is 0.250 e. The Hall–Kier alpha value is -3.97. The van der Waals surface area contributed by atoms with Gasteiger partial charge in [0.1, 0.15) is 11.3 Å². The van der Waals surface area contributed by atoms with Gasteiger partial charge < -0.3 is 14.8 Å². The Balaban J connectivity index is 1.49. The van der Waals surface area contributed by atoms with Crippen LogP contribution in [0.3, 0.4) is 0 Å². The minimum absolute atomic E-state index is 0.0252. The molecule has 0 atom stereocenters. The number of hydrogen-bond donors (Lipinski definition) is 3. The largest absolute Gasteiger partial charge is 0.507 e. The van der Waals surface area contributed by atoms with E-state index in [9.17, 15) is 9.90 Å². The fraction of sp³-hybridized carbons (Fsp3) is 0.0800. The molecule has 0 aliphatic carbocycles. The van der Waals surface area contributed by atoms with Gasteiger partial charge in [0.15, 0.2) is 10.7 Å². The van der Waals surface area contributed by atoms with E-state index in [1.54, 1.807) is 18.2 Å². The van der Waals surface area contributed by atoms with Crippen molar-refractivity contribution in [1.82, 2.24) is 10.3 Å². The predicted octanol–water partition coefficient (Wildman–Crippen LogP) is 5.34. The SMILES string of the molecule is Cc1cc(C)c2oc(-c3cc(NC(=S)NC(=O)/C=C/c4ccccc4)ccc3O)nc2c1. The summed E-state index contributed by atoms with van der Waals surface area (Å²) in [6, 6.07) is 18.3. The summed E-state index contributed by atoms with van der Waals surface area (Å²) in [6.07, 6.45) is 3.11. The first-order valence-electron chi connectivity index (χ1n) is 9.95. The van der Waals surface area contributed by atoms with Gasteiger partial charge in [0, 0.05) is 11.8 Å². The number of thiocarbonyl (C=S) groups is 1. The van der Waals surface area contributed by atoms with E-state index in [0.29, 0.717) is 22.7 Å². The van der Waals surface area contributed by atoms with E-state index in [2.05, 4.69) is 15.6 Å². The van der Waals surface area contributed by atoms with Crippen molar-refractivity contribution in [3.05, 3.63) is 83.4 Å². The number of fused-ring (bicyclic) bond motifs is 1. The lowest BCUT2D eigenvalue weighted by atomic mass is 10.1. The number of benzene rings is 3. The molecule has 0 bridgehead atoms. The lowest BCUT2D eigenvalue weighted by Gasteiger charge is -2.10. The maximum atomic E-state index is 12.1. The van der Waals surface area contributed by atoms with Crippen molar-refractivity contribution >= 4 is 46.1 Å². The average molecular weight is 444 g/mol. The first-order chi connectivity index (χ1) is 15.4. The Morgan fingerprint density at radius 2 is 1.88 bits per heavy atom. The van der Waals surface area contributed by atoms with E-state index in [0.717, 1.165) is 22.2 Å². The van der Waals surface area contributed by atoms with E-state index in [1.165, 1.54) is 12.1 Å². The van der Waals surface area contributed by atoms with Gasteiger partial charge in [-0.15, -0.1) is 0 Å². The zero-order valence-electron chi connectivity index (χ0n) is 17.5. The number of aromatic hydroxyl groups is 1. The third kappa shape index (κ3) is 4.84. The number of aryl methyl sites for hydroxylation is 2. The number of nitrogens with one attached hydrogen (secondary N) is 2. The molecule has 3 N–H and O–H groups in total. The van der Waals surface area contributed by atoms with E-state index in [-0.39, 0.29) is 16.8 Å². The maximum absolute atomic E-state index is 12.1. The third-order valence-corrected chi connectivity index (χ3v) is 4.97. The summed E-state index contributed by atoms with van der Waals surface area (Å²) in [7, 11) is 0. The number of phenols is 1. The van der Waals surface area contributed by atoms with Crippen molar-refractivity contribution < 1.29 is 14.3 Å². The first-order valence-corrected chi connectivity index (χ1v) is 10.4. The van der Waals surface area contributed by atoms with Gasteiger partial charge in [-0.2, -0.15) is 0 Å². The van der Waals surface area contributed by atoms with Gasteiger partial charge in [0.25, 0.3) is 0 Å². The van der Waals surface area contributed by atoms with E-state index >= 15 is 0 Å². The Morgan fingerprint density at radius 1 is 1.09 bits per heavy atom. The van der Waals surface area contributed by atoms with Gasteiger partial charge in [-0.05, 0) is 73.1 Å². The van der Waals surface area contributed by atoms with Crippen LogP contribution in [0.2, 0.25) is 0 Å². The standard InChI is InChI=1S/C25H21N3O3S/c1-15-12-16(2)23-20(13-15)27-24(31-23)19-14-18(9-10-21(19)29)26-25(32)28-22(30)11-8-17-6-4-3-5-7-17/h3-14,29H,1-2H3,(H2,26,28,30,32)/b11-8+.